The lowest BCUT2D eigenvalue weighted by Crippen LogP contribution is -2.08. The van der Waals surface area contributed by atoms with Gasteiger partial charge in [-0.1, -0.05) is 30.3 Å². The van der Waals surface area contributed by atoms with E-state index in [4.69, 9.17) is 6.11 Å². The summed E-state index contributed by atoms with van der Waals surface area (Å²) in [5.74, 6) is -0.626. The zero-order valence-electron chi connectivity index (χ0n) is 18.4. The minimum Gasteiger partial charge on any atom is -0.435 e. The largest absolute Gasteiger partial charge is 0.435 e. The summed E-state index contributed by atoms with van der Waals surface area (Å²) in [6, 6.07) is 16.3. The number of alkyl halides is 2. The molecule has 170 valence electrons. The molecule has 0 aliphatic heterocycles. The predicted octanol–water partition coefficient (Wildman–Crippen LogP) is 4.58. The molecule has 0 saturated heterocycles. The highest BCUT2D eigenvalue weighted by molar-refractivity contribution is 7.90. The summed E-state index contributed by atoms with van der Waals surface area (Å²) in [5, 5.41) is 10.8. The Morgan fingerprint density at radius 2 is 1.82 bits per heavy atom. The first-order valence-corrected chi connectivity index (χ1v) is 12.0. The first-order valence-electron chi connectivity index (χ1n) is 10.6. The molecular formula is C24H20F2N2O4S. The molecule has 0 saturated carbocycles. The molecule has 1 aliphatic carbocycles. The Kier molecular flexibility index (Phi) is 4.88. The number of imidazole rings is 1. The number of halogens is 2. The first kappa shape index (κ1) is 20.3. The van der Waals surface area contributed by atoms with E-state index in [-0.39, 0.29) is 22.8 Å². The van der Waals surface area contributed by atoms with Gasteiger partial charge in [-0.25, -0.2) is 13.4 Å². The fourth-order valence-corrected chi connectivity index (χ4v) is 4.92. The number of fused-ring (bicyclic) bond motifs is 3. The number of sulfone groups is 1. The average Bonchev–Trinajstić information content (AvgIpc) is 3.28. The molecule has 0 spiro atoms. The van der Waals surface area contributed by atoms with Crippen LogP contribution in [0.2, 0.25) is 0 Å². The van der Waals surface area contributed by atoms with Gasteiger partial charge in [0.25, 0.3) is 0 Å². The van der Waals surface area contributed by atoms with Crippen LogP contribution in [0.5, 0.6) is 5.75 Å². The number of hydrogen-bond acceptors (Lipinski definition) is 5. The molecule has 1 unspecified atom stereocenters. The van der Waals surface area contributed by atoms with Crippen molar-refractivity contribution in [3.05, 3.63) is 83.8 Å². The van der Waals surface area contributed by atoms with Crippen molar-refractivity contribution in [2.24, 2.45) is 0 Å². The van der Waals surface area contributed by atoms with Crippen molar-refractivity contribution in [3.8, 4) is 16.9 Å². The monoisotopic (exact) mass is 471 g/mol. The second-order valence-corrected chi connectivity index (χ2v) is 9.92. The number of hydrogen-bond donors (Lipinski definition) is 1. The quantitative estimate of drug-likeness (QED) is 0.461. The number of nitrogens with zero attached hydrogens (tertiary/aromatic N) is 2. The Morgan fingerprint density at radius 3 is 2.52 bits per heavy atom. The number of aromatic nitrogens is 2. The van der Waals surface area contributed by atoms with Crippen LogP contribution in [0.15, 0.2) is 71.8 Å². The van der Waals surface area contributed by atoms with E-state index in [2.05, 4.69) is 4.98 Å². The molecule has 33 heavy (non-hydrogen) atoms. The normalized spacial score (nSPS) is 20.8. The molecule has 0 fully saturated rings. The summed E-state index contributed by atoms with van der Waals surface area (Å²) < 4.78 is 64.4. The van der Waals surface area contributed by atoms with Crippen LogP contribution >= 0.6 is 0 Å². The van der Waals surface area contributed by atoms with E-state index in [0.29, 0.717) is 16.9 Å². The van der Waals surface area contributed by atoms with Crippen LogP contribution in [-0.4, -0.2) is 35.8 Å². The zero-order chi connectivity index (χ0) is 24.3. The fourth-order valence-electron chi connectivity index (χ4n) is 4.29. The summed E-state index contributed by atoms with van der Waals surface area (Å²) in [6.45, 7) is -3.01. The lowest BCUT2D eigenvalue weighted by molar-refractivity contribution is -0.0506. The Hall–Kier alpha value is -3.30. The molecule has 1 N–H and O–H groups in total. The van der Waals surface area contributed by atoms with Crippen molar-refractivity contribution in [3.63, 3.8) is 0 Å². The van der Waals surface area contributed by atoms with Crippen LogP contribution in [0.1, 0.15) is 36.7 Å². The third-order valence-corrected chi connectivity index (χ3v) is 6.91. The highest BCUT2D eigenvalue weighted by Gasteiger charge is 2.37. The van der Waals surface area contributed by atoms with Gasteiger partial charge in [-0.3, -0.25) is 0 Å². The topological polar surface area (TPSA) is 80.9 Å². The van der Waals surface area contributed by atoms with Crippen molar-refractivity contribution in [2.75, 3.05) is 6.26 Å². The van der Waals surface area contributed by atoms with Gasteiger partial charge in [0.2, 0.25) is 0 Å². The van der Waals surface area contributed by atoms with Crippen molar-refractivity contribution in [2.45, 2.75) is 29.9 Å². The third-order valence-electron chi connectivity index (χ3n) is 5.78. The highest BCUT2D eigenvalue weighted by atomic mass is 32.2. The first-order chi connectivity index (χ1) is 16.0. The Balaban J connectivity index is 1.65. The second-order valence-electron chi connectivity index (χ2n) is 7.91. The second kappa shape index (κ2) is 7.93. The van der Waals surface area contributed by atoms with Gasteiger partial charge >= 0.3 is 6.61 Å². The summed E-state index contributed by atoms with van der Waals surface area (Å²) in [4.78, 5) is 4.66. The molecule has 5 rings (SSSR count). The molecule has 9 heteroatoms. The van der Waals surface area contributed by atoms with Crippen molar-refractivity contribution < 1.29 is 28.4 Å². The van der Waals surface area contributed by atoms with E-state index >= 15 is 0 Å². The van der Waals surface area contributed by atoms with Gasteiger partial charge in [-0.2, -0.15) is 8.78 Å². The van der Waals surface area contributed by atoms with E-state index in [9.17, 15) is 22.3 Å². The Morgan fingerprint density at radius 1 is 1.12 bits per heavy atom. The summed E-state index contributed by atoms with van der Waals surface area (Å²) >= 11 is 0. The smallest absolute Gasteiger partial charge is 0.387 e. The lowest BCUT2D eigenvalue weighted by Gasteiger charge is -2.17. The number of rotatable bonds is 5. The van der Waals surface area contributed by atoms with Crippen LogP contribution < -0.4 is 4.74 Å². The van der Waals surface area contributed by atoms with Gasteiger partial charge in [-0.05, 0) is 47.9 Å². The number of aliphatic hydroxyl groups is 1. The molecule has 2 aromatic carbocycles. The number of benzene rings is 2. The number of para-hydroxylation sites is 1. The van der Waals surface area contributed by atoms with Gasteiger partial charge in [0, 0.05) is 23.9 Å². The summed E-state index contributed by atoms with van der Waals surface area (Å²) in [5.41, 5.74) is 3.11. The van der Waals surface area contributed by atoms with Gasteiger partial charge < -0.3 is 14.2 Å². The maximum absolute atomic E-state index is 13.0. The van der Waals surface area contributed by atoms with Gasteiger partial charge in [0.15, 0.2) is 9.84 Å². The number of pyridine rings is 1. The van der Waals surface area contributed by atoms with Crippen LogP contribution in [0, 0.1) is 0 Å². The van der Waals surface area contributed by atoms with Crippen LogP contribution in [0.3, 0.4) is 0 Å². The SMILES string of the molecule is [2H]C1(O)C[C@H](c2ccccc2OC(F)F)c2c1nc1ccc(-c3ccc(S(C)(=O)=O)cc3)cn21. The third kappa shape index (κ3) is 3.87. The van der Waals surface area contributed by atoms with Crippen molar-refractivity contribution >= 4 is 15.5 Å². The summed E-state index contributed by atoms with van der Waals surface area (Å²) in [7, 11) is -3.33. The molecule has 4 aromatic rings. The van der Waals surface area contributed by atoms with Gasteiger partial charge in [-0.15, -0.1) is 0 Å². The highest BCUT2D eigenvalue weighted by Crippen LogP contribution is 2.47. The maximum atomic E-state index is 13.0. The fraction of sp³-hybridized carbons (Fsp3) is 0.208. The Labute approximate surface area is 190 Å². The van der Waals surface area contributed by atoms with Crippen molar-refractivity contribution in [1.82, 2.24) is 9.38 Å². The van der Waals surface area contributed by atoms with Gasteiger partial charge in [0.1, 0.15) is 11.4 Å². The molecule has 2 heterocycles. The molecule has 2 aromatic heterocycles. The molecule has 0 radical (unpaired) electrons. The lowest BCUT2D eigenvalue weighted by atomic mass is 9.95. The maximum Gasteiger partial charge on any atom is 0.387 e. The minimum absolute atomic E-state index is 0.0198. The molecule has 1 aliphatic rings. The molecule has 6 nitrogen and oxygen atoms in total. The molecular weight excluding hydrogens is 450 g/mol. The Bertz CT molecular complexity index is 1500. The minimum atomic E-state index is -3.33. The standard InChI is InChI=1S/C24H20F2N2O4S/c1-33(30,31)16-9-6-14(7-10-16)15-8-11-21-27-22-19(29)12-18(23(22)28(21)13-15)17-4-2-3-5-20(17)32-24(25)26/h2-11,13,18-19,24,29H,12H2,1H3/t18-,19?/m1/s1/i19D. The van der Waals surface area contributed by atoms with Crippen LogP contribution in [0.4, 0.5) is 8.78 Å². The van der Waals surface area contributed by atoms with E-state index in [0.717, 1.165) is 17.4 Å². The van der Waals surface area contributed by atoms with Crippen molar-refractivity contribution in [1.29, 1.82) is 0 Å². The average molecular weight is 472 g/mol. The molecule has 0 bridgehead atoms. The predicted molar refractivity (Wildman–Crippen MR) is 118 cm³/mol. The van der Waals surface area contributed by atoms with Crippen LogP contribution in [-0.2, 0) is 9.84 Å². The van der Waals surface area contributed by atoms with E-state index in [1.54, 1.807) is 53.1 Å². The van der Waals surface area contributed by atoms with Crippen LogP contribution in [0.25, 0.3) is 16.8 Å². The van der Waals surface area contributed by atoms with E-state index < -0.39 is 28.4 Å². The van der Waals surface area contributed by atoms with Gasteiger partial charge in [0.05, 0.1) is 23.7 Å². The number of ether oxygens (including phenoxy) is 1. The zero-order valence-corrected chi connectivity index (χ0v) is 18.3. The van der Waals surface area contributed by atoms with E-state index in [1.165, 1.54) is 18.2 Å². The van der Waals surface area contributed by atoms with E-state index in [1.807, 2.05) is 0 Å². The summed E-state index contributed by atoms with van der Waals surface area (Å²) in [6.07, 6.45) is 0.855. The molecule has 2 atom stereocenters. The molecule has 0 amide bonds.